The summed E-state index contributed by atoms with van der Waals surface area (Å²) in [5.41, 5.74) is 1.16. The Hall–Kier alpha value is -1.42. The van der Waals surface area contributed by atoms with Gasteiger partial charge in [0.25, 0.3) is 0 Å². The van der Waals surface area contributed by atoms with Crippen LogP contribution < -0.4 is 19.5 Å². The molecule has 1 heterocycles. The first-order valence-corrected chi connectivity index (χ1v) is 8.01. The van der Waals surface area contributed by atoms with Crippen molar-refractivity contribution in [3.05, 3.63) is 17.7 Å². The Morgan fingerprint density at radius 3 is 2.71 bits per heavy atom. The lowest BCUT2D eigenvalue weighted by Gasteiger charge is -2.14. The fraction of sp³-hybridized carbons (Fsp3) is 0.647. The molecular weight excluding hydrogens is 266 g/mol. The molecule has 0 aromatic heterocycles. The molecule has 0 saturated heterocycles. The Bertz CT molecular complexity index is 483. The molecule has 0 atom stereocenters. The van der Waals surface area contributed by atoms with Crippen molar-refractivity contribution >= 4 is 0 Å². The molecule has 1 saturated carbocycles. The van der Waals surface area contributed by atoms with Crippen LogP contribution in [0.3, 0.4) is 0 Å². The first-order valence-electron chi connectivity index (χ1n) is 8.01. The first-order chi connectivity index (χ1) is 10.2. The highest BCUT2D eigenvalue weighted by molar-refractivity contribution is 5.51. The lowest BCUT2D eigenvalue weighted by Crippen LogP contribution is -2.16. The van der Waals surface area contributed by atoms with E-state index in [2.05, 4.69) is 25.2 Å². The van der Waals surface area contributed by atoms with E-state index in [4.69, 9.17) is 14.2 Å². The molecular formula is C17H25NO3. The van der Waals surface area contributed by atoms with Crippen LogP contribution in [0.15, 0.2) is 12.1 Å². The largest absolute Gasteiger partial charge is 0.493 e. The number of fused-ring (bicyclic) bond motifs is 1. The van der Waals surface area contributed by atoms with Crippen molar-refractivity contribution in [2.45, 2.75) is 52.1 Å². The van der Waals surface area contributed by atoms with Crippen LogP contribution in [0.25, 0.3) is 0 Å². The van der Waals surface area contributed by atoms with E-state index >= 15 is 0 Å². The zero-order chi connectivity index (χ0) is 14.7. The quantitative estimate of drug-likeness (QED) is 0.744. The van der Waals surface area contributed by atoms with Crippen LogP contribution >= 0.6 is 0 Å². The Kier molecular flexibility index (Phi) is 4.54. The maximum atomic E-state index is 5.99. The van der Waals surface area contributed by atoms with E-state index in [1.165, 1.54) is 19.3 Å². The van der Waals surface area contributed by atoms with Crippen LogP contribution in [0.4, 0.5) is 0 Å². The number of hydrogen-bond acceptors (Lipinski definition) is 4. The fourth-order valence-corrected chi connectivity index (χ4v) is 2.45. The van der Waals surface area contributed by atoms with Gasteiger partial charge in [-0.15, -0.1) is 0 Å². The van der Waals surface area contributed by atoms with E-state index in [0.717, 1.165) is 48.3 Å². The van der Waals surface area contributed by atoms with Crippen LogP contribution in [0.2, 0.25) is 0 Å². The van der Waals surface area contributed by atoms with Crippen LogP contribution in [-0.4, -0.2) is 19.4 Å². The topological polar surface area (TPSA) is 39.7 Å². The molecule has 1 N–H and O–H groups in total. The van der Waals surface area contributed by atoms with E-state index in [1.54, 1.807) is 0 Å². The maximum Gasteiger partial charge on any atom is 0.231 e. The van der Waals surface area contributed by atoms with E-state index in [1.807, 2.05) is 6.07 Å². The van der Waals surface area contributed by atoms with Gasteiger partial charge in [-0.2, -0.15) is 0 Å². The number of rotatable bonds is 8. The van der Waals surface area contributed by atoms with Gasteiger partial charge in [-0.3, -0.25) is 0 Å². The number of hydrogen-bond donors (Lipinski definition) is 1. The van der Waals surface area contributed by atoms with Crippen molar-refractivity contribution in [3.63, 3.8) is 0 Å². The van der Waals surface area contributed by atoms with Gasteiger partial charge in [-0.1, -0.05) is 13.8 Å². The lowest BCUT2D eigenvalue weighted by molar-refractivity contribution is 0.173. The Balaban J connectivity index is 1.63. The molecule has 1 aromatic rings. The summed E-state index contributed by atoms with van der Waals surface area (Å²) < 4.78 is 16.9. The summed E-state index contributed by atoms with van der Waals surface area (Å²) in [4.78, 5) is 0. The minimum atomic E-state index is 0.307. The van der Waals surface area contributed by atoms with Gasteiger partial charge in [0, 0.05) is 24.2 Å². The number of benzene rings is 1. The molecule has 0 bridgehead atoms. The summed E-state index contributed by atoms with van der Waals surface area (Å²) in [6.07, 6.45) is 4.85. The zero-order valence-corrected chi connectivity index (χ0v) is 13.0. The van der Waals surface area contributed by atoms with Gasteiger partial charge < -0.3 is 19.5 Å². The SMILES string of the molecule is CC(C)CCCOc1cc2c(cc1CNC1CC1)OCO2. The monoisotopic (exact) mass is 291 g/mol. The molecule has 116 valence electrons. The van der Waals surface area contributed by atoms with Crippen molar-refractivity contribution in [1.29, 1.82) is 0 Å². The van der Waals surface area contributed by atoms with Gasteiger partial charge in [0.05, 0.1) is 6.61 Å². The van der Waals surface area contributed by atoms with E-state index in [9.17, 15) is 0 Å². The predicted octanol–water partition coefficient (Wildman–Crippen LogP) is 3.48. The van der Waals surface area contributed by atoms with Crippen LogP contribution in [0.1, 0.15) is 45.1 Å². The Morgan fingerprint density at radius 2 is 2.00 bits per heavy atom. The molecule has 1 aromatic carbocycles. The third kappa shape index (κ3) is 4.03. The highest BCUT2D eigenvalue weighted by atomic mass is 16.7. The third-order valence-electron chi connectivity index (χ3n) is 3.90. The van der Waals surface area contributed by atoms with Gasteiger partial charge in [0.15, 0.2) is 11.5 Å². The fourth-order valence-electron chi connectivity index (χ4n) is 2.45. The summed E-state index contributed by atoms with van der Waals surface area (Å²) in [7, 11) is 0. The summed E-state index contributed by atoms with van der Waals surface area (Å²) in [6.45, 7) is 6.38. The van der Waals surface area contributed by atoms with Gasteiger partial charge in [-0.25, -0.2) is 0 Å². The second-order valence-corrected chi connectivity index (χ2v) is 6.35. The van der Waals surface area contributed by atoms with Crippen LogP contribution in [0.5, 0.6) is 17.2 Å². The van der Waals surface area contributed by atoms with Gasteiger partial charge in [0.1, 0.15) is 5.75 Å². The molecule has 3 rings (SSSR count). The molecule has 0 unspecified atom stereocenters. The summed E-state index contributed by atoms with van der Waals surface area (Å²) in [5, 5.41) is 3.54. The smallest absolute Gasteiger partial charge is 0.231 e. The third-order valence-corrected chi connectivity index (χ3v) is 3.90. The average molecular weight is 291 g/mol. The van der Waals surface area contributed by atoms with Crippen molar-refractivity contribution in [1.82, 2.24) is 5.32 Å². The highest BCUT2D eigenvalue weighted by Gasteiger charge is 2.22. The normalized spacial score (nSPS) is 16.5. The standard InChI is InChI=1S/C17H25NO3/c1-12(2)4-3-7-19-15-9-17-16(20-11-21-17)8-13(15)10-18-14-5-6-14/h8-9,12,14,18H,3-7,10-11H2,1-2H3. The molecule has 4 nitrogen and oxygen atoms in total. The molecule has 0 radical (unpaired) electrons. The predicted molar refractivity (Wildman–Crippen MR) is 82.0 cm³/mol. The van der Waals surface area contributed by atoms with Crippen LogP contribution in [-0.2, 0) is 6.54 Å². The van der Waals surface area contributed by atoms with Crippen molar-refractivity contribution in [2.24, 2.45) is 5.92 Å². The second-order valence-electron chi connectivity index (χ2n) is 6.35. The maximum absolute atomic E-state index is 5.99. The van der Waals surface area contributed by atoms with Gasteiger partial charge in [0.2, 0.25) is 6.79 Å². The van der Waals surface area contributed by atoms with E-state index in [0.29, 0.717) is 12.8 Å². The Morgan fingerprint density at radius 1 is 1.24 bits per heavy atom. The summed E-state index contributed by atoms with van der Waals surface area (Å²) in [6, 6.07) is 4.71. The first kappa shape index (κ1) is 14.5. The number of nitrogens with one attached hydrogen (secondary N) is 1. The molecule has 2 aliphatic rings. The number of ether oxygens (including phenoxy) is 3. The highest BCUT2D eigenvalue weighted by Crippen LogP contribution is 2.38. The summed E-state index contributed by atoms with van der Waals surface area (Å²) >= 11 is 0. The van der Waals surface area contributed by atoms with Crippen molar-refractivity contribution in [2.75, 3.05) is 13.4 Å². The van der Waals surface area contributed by atoms with Gasteiger partial charge in [-0.05, 0) is 37.7 Å². The van der Waals surface area contributed by atoms with Gasteiger partial charge >= 0.3 is 0 Å². The molecule has 1 aliphatic carbocycles. The molecule has 0 amide bonds. The van der Waals surface area contributed by atoms with Crippen molar-refractivity contribution in [3.8, 4) is 17.2 Å². The second kappa shape index (κ2) is 6.56. The zero-order valence-electron chi connectivity index (χ0n) is 13.0. The molecule has 1 fully saturated rings. The summed E-state index contributed by atoms with van der Waals surface area (Å²) in [5.74, 6) is 3.28. The Labute approximate surface area is 126 Å². The molecule has 4 heteroatoms. The average Bonchev–Trinajstić information content (AvgIpc) is 3.18. The molecule has 21 heavy (non-hydrogen) atoms. The minimum absolute atomic E-state index is 0.307. The lowest BCUT2D eigenvalue weighted by atomic mass is 10.1. The molecule has 1 aliphatic heterocycles. The van der Waals surface area contributed by atoms with Crippen LogP contribution in [0, 0.1) is 5.92 Å². The molecule has 0 spiro atoms. The minimum Gasteiger partial charge on any atom is -0.493 e. The van der Waals surface area contributed by atoms with E-state index < -0.39 is 0 Å². The van der Waals surface area contributed by atoms with E-state index in [-0.39, 0.29) is 0 Å². The van der Waals surface area contributed by atoms with Crippen molar-refractivity contribution < 1.29 is 14.2 Å².